The maximum absolute atomic E-state index is 13.3. The highest BCUT2D eigenvalue weighted by atomic mass is 19.4. The van der Waals surface area contributed by atoms with E-state index in [0.29, 0.717) is 67.9 Å². The highest BCUT2D eigenvalue weighted by Gasteiger charge is 2.58. The Morgan fingerprint density at radius 1 is 0.643 bits per heavy atom. The first kappa shape index (κ1) is 67.8. The van der Waals surface area contributed by atoms with Gasteiger partial charge in [0.1, 0.15) is 59.6 Å². The van der Waals surface area contributed by atoms with Crippen molar-refractivity contribution in [1.82, 2.24) is 34.9 Å². The van der Waals surface area contributed by atoms with E-state index in [0.717, 1.165) is 31.3 Å². The number of amides is 6. The third kappa shape index (κ3) is 15.2. The normalized spacial score (nSPS) is 20.8. The van der Waals surface area contributed by atoms with Gasteiger partial charge >= 0.3 is 24.3 Å². The van der Waals surface area contributed by atoms with Gasteiger partial charge in [0.2, 0.25) is 11.3 Å². The number of hydrogen-bond acceptors (Lipinski definition) is 21. The number of aromatic amines is 1. The number of aliphatic hydroxyl groups excluding tert-OH is 3. The molecule has 6 aromatic rings. The highest BCUT2D eigenvalue weighted by molar-refractivity contribution is 6.07. The first-order valence-electron chi connectivity index (χ1n) is 31.4. The second kappa shape index (κ2) is 27.8. The molecule has 12 heterocycles. The third-order valence-corrected chi connectivity index (χ3v) is 17.6. The number of carbonyl (C=O) groups excluding carboxylic acids is 6. The Balaban J connectivity index is 0.000000140. The fraction of sp³-hybridized carbons (Fsp3) is 0.444. The molecular weight excluding hydrogens is 1310 g/mol. The van der Waals surface area contributed by atoms with Crippen molar-refractivity contribution in [3.63, 3.8) is 0 Å². The molecule has 518 valence electrons. The first-order valence-corrected chi connectivity index (χ1v) is 31.4. The summed E-state index contributed by atoms with van der Waals surface area (Å²) in [6.07, 6.45) is -1.13. The predicted octanol–water partition coefficient (Wildman–Crippen LogP) is 7.09. The number of ether oxygens (including phenoxy) is 2. The van der Waals surface area contributed by atoms with Crippen molar-refractivity contribution in [3.8, 4) is 11.6 Å². The molecule has 6 bridgehead atoms. The van der Waals surface area contributed by atoms with Crippen LogP contribution in [0, 0.1) is 11.8 Å². The number of nitrogens with zero attached hydrogens (tertiary/aromatic N) is 12. The van der Waals surface area contributed by atoms with Crippen LogP contribution in [0.5, 0.6) is 11.6 Å². The van der Waals surface area contributed by atoms with Crippen LogP contribution in [0.2, 0.25) is 0 Å². The molecule has 98 heavy (non-hydrogen) atoms. The molecule has 2 saturated carbocycles. The zero-order valence-electron chi connectivity index (χ0n) is 52.0. The number of carbonyl (C=O) groups is 6. The van der Waals surface area contributed by atoms with Crippen molar-refractivity contribution < 1.29 is 84.3 Å². The number of rotatable bonds is 19. The number of aliphatic hydroxyl groups is 3. The van der Waals surface area contributed by atoms with Gasteiger partial charge in [-0.2, -0.15) is 13.2 Å². The maximum atomic E-state index is 13.3. The van der Waals surface area contributed by atoms with Gasteiger partial charge in [-0.1, -0.05) is 6.07 Å². The lowest BCUT2D eigenvalue weighted by molar-refractivity contribution is -0.133. The van der Waals surface area contributed by atoms with Crippen molar-refractivity contribution in [2.24, 2.45) is 11.8 Å². The number of hydrogen-bond donors (Lipinski definition) is 7. The second-order valence-electron chi connectivity index (χ2n) is 24.6. The molecule has 6 atom stereocenters. The van der Waals surface area contributed by atoms with Gasteiger partial charge in [0.05, 0.1) is 67.2 Å². The van der Waals surface area contributed by atoms with Crippen LogP contribution in [0.3, 0.4) is 0 Å². The number of ketones is 3. The van der Waals surface area contributed by atoms with Crippen LogP contribution in [0.1, 0.15) is 89.3 Å². The highest BCUT2D eigenvalue weighted by Crippen LogP contribution is 2.52. The topological polar surface area (TPSA) is 347 Å². The zero-order chi connectivity index (χ0) is 69.4. The number of Topliss-reactive ketones (excluding diaryl/α,β-unsaturated/α-hetero) is 3. The molecule has 0 aromatic carbocycles. The van der Waals surface area contributed by atoms with Crippen molar-refractivity contribution in [1.29, 1.82) is 0 Å². The van der Waals surface area contributed by atoms with Gasteiger partial charge in [-0.3, -0.25) is 49.8 Å². The summed E-state index contributed by atoms with van der Waals surface area (Å²) in [4.78, 5) is 128. The van der Waals surface area contributed by atoms with Gasteiger partial charge < -0.3 is 44.5 Å². The van der Waals surface area contributed by atoms with Gasteiger partial charge in [-0.25, -0.2) is 61.8 Å². The number of alkyl halides is 7. The average Bonchev–Trinajstić information content (AvgIpc) is 1.47. The molecule has 14 rings (SSSR count). The second-order valence-corrected chi connectivity index (χ2v) is 24.6. The number of aromatic nitrogens is 7. The molecule has 3 saturated heterocycles. The Bertz CT molecular complexity index is 4090. The summed E-state index contributed by atoms with van der Waals surface area (Å²) in [5, 5.41) is 35.1. The van der Waals surface area contributed by atoms with Gasteiger partial charge in [0.25, 0.3) is 11.8 Å². The van der Waals surface area contributed by atoms with E-state index in [2.05, 4.69) is 60.6 Å². The first-order chi connectivity index (χ1) is 46.8. The standard InChI is InChI=1S/C22H24F2N6O5.C22H23F2N5O4.C19H18F3N5O3/c23-22(24)6-12(22)5-17(33)15-1-2-16-20(27-15)30(13-3-4-29(16)9-13)21(34)28-18-7-26-19(8-25-18)35-11-14(32)10-31;23-22(24)11-13(22)9-18(31)16-1-2-17-20(26-16)29(14-4-6-28(17)12-14)21(32)27-19-10-15(3-5-25-19)33-8-7-30;20-19(21,22)6-4-13(28)12-9-14(29)16-17(24-12)27(11-5-8-26(16)10-11)18(30)25-15-3-1-2-7-23-15/h1-2,7-8,12-14,31-32H,3-6,9-11H2,(H,25,28,34);1-3,5,10,13-14,30H,4,6-9,11-12H2,(H,25,27,32);1-3,7,9,11H,4-6,8,10H2,(H,24,29)(H,23,25,30)/t12-,13+,14-;13-,14+;11-/m110/s1. The van der Waals surface area contributed by atoms with Crippen molar-refractivity contribution in [2.75, 3.05) is 111 Å². The molecule has 28 nitrogen and oxygen atoms in total. The number of urea groups is 3. The van der Waals surface area contributed by atoms with E-state index in [1.54, 1.807) is 48.5 Å². The molecular formula is C63H65F7N16O12. The van der Waals surface area contributed by atoms with Crippen LogP contribution in [0.4, 0.5) is 97.1 Å². The number of halogens is 7. The van der Waals surface area contributed by atoms with Gasteiger partial charge in [-0.05, 0) is 61.7 Å². The smallest absolute Gasteiger partial charge is 0.389 e. The van der Waals surface area contributed by atoms with E-state index in [-0.39, 0.29) is 110 Å². The number of anilines is 9. The lowest BCUT2D eigenvalue weighted by atomic mass is 10.1. The summed E-state index contributed by atoms with van der Waals surface area (Å²) in [7, 11) is 0. The van der Waals surface area contributed by atoms with Crippen molar-refractivity contribution in [3.05, 3.63) is 113 Å². The molecule has 6 aliphatic heterocycles. The minimum Gasteiger partial charge on any atom is -0.491 e. The van der Waals surface area contributed by atoms with E-state index < -0.39 is 96.3 Å². The minimum atomic E-state index is -4.48. The number of fused-ring (bicyclic) bond motifs is 12. The molecule has 35 heteroatoms. The largest absolute Gasteiger partial charge is 0.491 e. The average molecular weight is 1370 g/mol. The Morgan fingerprint density at radius 2 is 1.19 bits per heavy atom. The summed E-state index contributed by atoms with van der Waals surface area (Å²) in [5.74, 6) is -7.20. The Kier molecular flexibility index (Phi) is 19.2. The van der Waals surface area contributed by atoms with E-state index in [1.165, 1.54) is 45.6 Å². The van der Waals surface area contributed by atoms with Crippen molar-refractivity contribution in [2.45, 2.75) is 100 Å². The van der Waals surface area contributed by atoms with Crippen LogP contribution in [0.15, 0.2) is 90.2 Å². The van der Waals surface area contributed by atoms with Gasteiger partial charge in [0, 0.05) is 108 Å². The molecule has 0 radical (unpaired) electrons. The molecule has 0 spiro atoms. The zero-order valence-corrected chi connectivity index (χ0v) is 52.0. The molecule has 7 N–H and O–H groups in total. The van der Waals surface area contributed by atoms with E-state index in [1.807, 2.05) is 4.90 Å². The number of pyridine rings is 5. The van der Waals surface area contributed by atoms with E-state index in [4.69, 9.17) is 19.7 Å². The fourth-order valence-corrected chi connectivity index (χ4v) is 12.4. The Morgan fingerprint density at radius 3 is 1.73 bits per heavy atom. The Labute approximate surface area is 552 Å². The number of H-pyrrole nitrogens is 1. The van der Waals surface area contributed by atoms with Crippen LogP contribution in [-0.4, -0.2) is 194 Å². The van der Waals surface area contributed by atoms with E-state index >= 15 is 0 Å². The molecule has 6 aromatic heterocycles. The van der Waals surface area contributed by atoms with E-state index in [9.17, 15) is 69.4 Å². The van der Waals surface area contributed by atoms with Crippen LogP contribution >= 0.6 is 0 Å². The van der Waals surface area contributed by atoms with Gasteiger partial charge in [-0.15, -0.1) is 0 Å². The Hall–Kier alpha value is -10.2. The summed E-state index contributed by atoms with van der Waals surface area (Å²) >= 11 is 0. The van der Waals surface area contributed by atoms with Gasteiger partial charge in [0.15, 0.2) is 34.8 Å². The SMILES string of the molecule is O=C(CCC(F)(F)F)c1cc(=O)c2c([nH]1)N(C(=O)Nc1ccccn1)[C@H]1CCN2C1.O=C(C[C@@H]1CC1(F)F)c1ccc2c(n1)N(C(=O)Nc1cc(OCCO)ccn1)[C@H]1CCN2C1.O=C(C[C@@H]1CC1(F)F)c1ccc2c(n1)N(C(=O)Nc1cnc(OC[C@H](O)CO)cn1)[C@H]1CCN2C1. The summed E-state index contributed by atoms with van der Waals surface area (Å²) in [6.45, 7) is 3.06. The molecule has 5 fully saturated rings. The fourth-order valence-electron chi connectivity index (χ4n) is 12.4. The third-order valence-electron chi connectivity index (χ3n) is 17.6. The quantitative estimate of drug-likeness (QED) is 0.0314. The maximum Gasteiger partial charge on any atom is 0.389 e. The van der Waals surface area contributed by atoms with Crippen molar-refractivity contribution >= 4 is 87.4 Å². The molecule has 0 unspecified atom stereocenters. The molecule has 8 aliphatic rings. The monoisotopic (exact) mass is 1370 g/mol. The van der Waals surface area contributed by atoms with Crippen LogP contribution in [0.25, 0.3) is 0 Å². The predicted molar refractivity (Wildman–Crippen MR) is 337 cm³/mol. The minimum absolute atomic E-state index is 0.0538. The van der Waals surface area contributed by atoms with Crippen LogP contribution < -0.4 is 60.3 Å². The number of nitrogens with one attached hydrogen (secondary N) is 4. The van der Waals surface area contributed by atoms with Crippen LogP contribution in [-0.2, 0) is 0 Å². The molecule has 2 aliphatic carbocycles. The lowest BCUT2D eigenvalue weighted by Gasteiger charge is -2.35. The summed E-state index contributed by atoms with van der Waals surface area (Å²) in [5.41, 5.74) is 1.01. The summed E-state index contributed by atoms with van der Waals surface area (Å²) < 4.78 is 101. The lowest BCUT2D eigenvalue weighted by Crippen LogP contribution is -2.49. The molecule has 6 amide bonds. The summed E-state index contributed by atoms with van der Waals surface area (Å²) in [6, 6.07) is 13.6.